The standard InChI is InChI=1S/C30H38ClNO6/c1-7-37-23-12-17(11-18(31)28(23)38-8-2)25-26-19(13-29(3,4)15-21(26)33)32(10-9-24(35)36)20-14-30(5,6)16-22(34)27(20)25/h11-12,25H,7-10,13-16H2,1-6H3,(H,35,36). The Balaban J connectivity index is 2.00. The summed E-state index contributed by atoms with van der Waals surface area (Å²) in [5, 5.41) is 9.88. The number of nitrogens with zero attached hydrogens (tertiary/aromatic N) is 1. The van der Waals surface area contributed by atoms with Gasteiger partial charge in [0.1, 0.15) is 0 Å². The number of benzene rings is 1. The average Bonchev–Trinajstić information content (AvgIpc) is 2.77. The zero-order valence-corrected chi connectivity index (χ0v) is 24.0. The Labute approximate surface area is 229 Å². The average molecular weight is 544 g/mol. The summed E-state index contributed by atoms with van der Waals surface area (Å²) in [6, 6.07) is 3.62. The molecule has 8 heteroatoms. The molecule has 1 heterocycles. The molecule has 1 aromatic carbocycles. The smallest absolute Gasteiger partial charge is 0.305 e. The van der Waals surface area contributed by atoms with Crippen LogP contribution in [0.5, 0.6) is 11.5 Å². The van der Waals surface area contributed by atoms with Gasteiger partial charge in [0.15, 0.2) is 23.1 Å². The van der Waals surface area contributed by atoms with Crippen LogP contribution in [-0.4, -0.2) is 47.3 Å². The molecular formula is C30H38ClNO6. The van der Waals surface area contributed by atoms with E-state index in [2.05, 4.69) is 27.7 Å². The molecule has 0 saturated heterocycles. The summed E-state index contributed by atoms with van der Waals surface area (Å²) in [7, 11) is 0. The Kier molecular flexibility index (Phi) is 7.72. The van der Waals surface area contributed by atoms with Crippen molar-refractivity contribution < 1.29 is 29.0 Å². The SMILES string of the molecule is CCOc1cc(C2C3=C(CC(C)(C)CC3=O)N(CCC(=O)O)C3=C2C(=O)CC(C)(C)C3)cc(Cl)c1OCC. The minimum absolute atomic E-state index is 0.0197. The third-order valence-electron chi connectivity index (χ3n) is 7.52. The summed E-state index contributed by atoms with van der Waals surface area (Å²) in [4.78, 5) is 41.3. The molecule has 1 N–H and O–H groups in total. The first-order valence-corrected chi connectivity index (χ1v) is 13.8. The van der Waals surface area contributed by atoms with Gasteiger partial charge in [-0.3, -0.25) is 14.4 Å². The van der Waals surface area contributed by atoms with Crippen LogP contribution in [0.1, 0.15) is 85.1 Å². The maximum Gasteiger partial charge on any atom is 0.305 e. The maximum absolute atomic E-state index is 13.9. The highest BCUT2D eigenvalue weighted by Crippen LogP contribution is 2.55. The van der Waals surface area contributed by atoms with E-state index < -0.39 is 11.9 Å². The predicted octanol–water partition coefficient (Wildman–Crippen LogP) is 6.30. The van der Waals surface area contributed by atoms with Gasteiger partial charge in [0.2, 0.25) is 0 Å². The number of carbonyl (C=O) groups is 3. The maximum atomic E-state index is 13.9. The number of halogens is 1. The Morgan fingerprint density at radius 1 is 0.947 bits per heavy atom. The second-order valence-electron chi connectivity index (χ2n) is 12.0. The molecule has 0 amide bonds. The van der Waals surface area contributed by atoms with Crippen molar-refractivity contribution in [3.63, 3.8) is 0 Å². The normalized spacial score (nSPS) is 20.9. The molecule has 2 aliphatic carbocycles. The zero-order valence-electron chi connectivity index (χ0n) is 23.2. The van der Waals surface area contributed by atoms with Crippen LogP contribution in [-0.2, 0) is 14.4 Å². The molecule has 1 aliphatic heterocycles. The van der Waals surface area contributed by atoms with E-state index in [1.807, 2.05) is 24.8 Å². The molecule has 3 aliphatic rings. The van der Waals surface area contributed by atoms with Crippen LogP contribution in [0.3, 0.4) is 0 Å². The summed E-state index contributed by atoms with van der Waals surface area (Å²) in [5.41, 5.74) is 2.92. The lowest BCUT2D eigenvalue weighted by Gasteiger charge is -2.49. The molecule has 0 bridgehead atoms. The van der Waals surface area contributed by atoms with E-state index >= 15 is 0 Å². The molecule has 0 radical (unpaired) electrons. The van der Waals surface area contributed by atoms with Gasteiger partial charge < -0.3 is 19.5 Å². The molecular weight excluding hydrogens is 506 g/mol. The molecule has 1 aromatic rings. The lowest BCUT2D eigenvalue weighted by atomic mass is 9.63. The molecule has 7 nitrogen and oxygen atoms in total. The van der Waals surface area contributed by atoms with E-state index in [0.717, 1.165) is 11.4 Å². The predicted molar refractivity (Wildman–Crippen MR) is 146 cm³/mol. The summed E-state index contributed by atoms with van der Waals surface area (Å²) in [6.45, 7) is 13.0. The summed E-state index contributed by atoms with van der Waals surface area (Å²) in [5.74, 6) is -0.641. The number of aliphatic carboxylic acids is 1. The fourth-order valence-electron chi connectivity index (χ4n) is 6.16. The van der Waals surface area contributed by atoms with Crippen LogP contribution >= 0.6 is 11.6 Å². The number of allylic oxidation sites excluding steroid dienone is 4. The molecule has 0 unspecified atom stereocenters. The van der Waals surface area contributed by atoms with Gasteiger partial charge in [-0.05, 0) is 55.2 Å². The number of hydrogen-bond acceptors (Lipinski definition) is 6. The van der Waals surface area contributed by atoms with Gasteiger partial charge >= 0.3 is 5.97 Å². The van der Waals surface area contributed by atoms with Crippen molar-refractivity contribution in [2.45, 2.75) is 79.6 Å². The summed E-state index contributed by atoms with van der Waals surface area (Å²) >= 11 is 6.71. The number of carbonyl (C=O) groups excluding carboxylic acids is 2. The van der Waals surface area contributed by atoms with Gasteiger partial charge in [-0.15, -0.1) is 0 Å². The van der Waals surface area contributed by atoms with Crippen molar-refractivity contribution in [1.29, 1.82) is 0 Å². The van der Waals surface area contributed by atoms with Gasteiger partial charge in [-0.25, -0.2) is 0 Å². The van der Waals surface area contributed by atoms with Gasteiger partial charge in [0, 0.05) is 47.8 Å². The van der Waals surface area contributed by atoms with E-state index in [9.17, 15) is 19.5 Å². The Hall–Kier alpha value is -2.80. The van der Waals surface area contributed by atoms with E-state index in [1.165, 1.54) is 0 Å². The number of Topliss-reactive ketones (excluding diaryl/α,β-unsaturated/α-hetero) is 2. The molecule has 0 spiro atoms. The molecule has 0 aromatic heterocycles. The van der Waals surface area contributed by atoms with Crippen LogP contribution in [0.4, 0.5) is 0 Å². The minimum Gasteiger partial charge on any atom is -0.490 e. The highest BCUT2D eigenvalue weighted by atomic mass is 35.5. The molecule has 0 saturated carbocycles. The van der Waals surface area contributed by atoms with E-state index in [1.54, 1.807) is 6.07 Å². The number of ketones is 2. The van der Waals surface area contributed by atoms with Crippen molar-refractivity contribution in [2.75, 3.05) is 19.8 Å². The highest BCUT2D eigenvalue weighted by Gasteiger charge is 2.49. The Morgan fingerprint density at radius 3 is 1.95 bits per heavy atom. The van der Waals surface area contributed by atoms with Crippen molar-refractivity contribution in [3.05, 3.63) is 45.3 Å². The fraction of sp³-hybridized carbons (Fsp3) is 0.567. The van der Waals surface area contributed by atoms with Crippen LogP contribution in [0, 0.1) is 10.8 Å². The van der Waals surface area contributed by atoms with Crippen molar-refractivity contribution in [2.24, 2.45) is 10.8 Å². The van der Waals surface area contributed by atoms with Gasteiger partial charge in [0.25, 0.3) is 0 Å². The fourth-order valence-corrected chi connectivity index (χ4v) is 6.43. The summed E-state index contributed by atoms with van der Waals surface area (Å²) < 4.78 is 11.7. The number of rotatable bonds is 8. The highest BCUT2D eigenvalue weighted by molar-refractivity contribution is 6.32. The van der Waals surface area contributed by atoms with Crippen LogP contribution in [0.25, 0.3) is 0 Å². The lowest BCUT2D eigenvalue weighted by molar-refractivity contribution is -0.137. The lowest BCUT2D eigenvalue weighted by Crippen LogP contribution is -2.45. The molecule has 0 atom stereocenters. The zero-order chi connectivity index (χ0) is 28.0. The number of hydrogen-bond donors (Lipinski definition) is 1. The molecule has 206 valence electrons. The molecule has 0 fully saturated rings. The van der Waals surface area contributed by atoms with Crippen molar-refractivity contribution in [1.82, 2.24) is 4.90 Å². The monoisotopic (exact) mass is 543 g/mol. The van der Waals surface area contributed by atoms with E-state index in [4.69, 9.17) is 21.1 Å². The summed E-state index contributed by atoms with van der Waals surface area (Å²) in [6.07, 6.45) is 1.82. The molecule has 4 rings (SSSR count). The quantitative estimate of drug-likeness (QED) is 0.411. The van der Waals surface area contributed by atoms with Crippen LogP contribution < -0.4 is 9.47 Å². The van der Waals surface area contributed by atoms with Crippen molar-refractivity contribution >= 4 is 29.1 Å². The topological polar surface area (TPSA) is 93.1 Å². The third-order valence-corrected chi connectivity index (χ3v) is 7.81. The largest absolute Gasteiger partial charge is 0.490 e. The van der Waals surface area contributed by atoms with Crippen LogP contribution in [0.2, 0.25) is 5.02 Å². The minimum atomic E-state index is -0.918. The number of carboxylic acid groups (broad SMARTS) is 1. The van der Waals surface area contributed by atoms with Gasteiger partial charge in [0.05, 0.1) is 24.7 Å². The second-order valence-corrected chi connectivity index (χ2v) is 12.4. The number of ether oxygens (including phenoxy) is 2. The van der Waals surface area contributed by atoms with Gasteiger partial charge in [-0.1, -0.05) is 39.3 Å². The Bertz CT molecular complexity index is 1190. The third kappa shape index (κ3) is 5.35. The first-order chi connectivity index (χ1) is 17.8. The molecule has 38 heavy (non-hydrogen) atoms. The second kappa shape index (κ2) is 10.4. The van der Waals surface area contributed by atoms with E-state index in [-0.39, 0.29) is 35.4 Å². The first-order valence-electron chi connectivity index (χ1n) is 13.4. The first kappa shape index (κ1) is 28.2. The Morgan fingerprint density at radius 2 is 1.47 bits per heavy atom. The van der Waals surface area contributed by atoms with Crippen LogP contribution in [0.15, 0.2) is 34.7 Å². The van der Waals surface area contributed by atoms with Gasteiger partial charge in [-0.2, -0.15) is 0 Å². The van der Waals surface area contributed by atoms with Crippen molar-refractivity contribution in [3.8, 4) is 11.5 Å². The number of carboxylic acids is 1. The van der Waals surface area contributed by atoms with E-state index in [0.29, 0.717) is 72.1 Å².